The highest BCUT2D eigenvalue weighted by Gasteiger charge is 2.45. The van der Waals surface area contributed by atoms with Gasteiger partial charge in [-0.05, 0) is 48.7 Å². The molecule has 0 bridgehead atoms. The van der Waals surface area contributed by atoms with Gasteiger partial charge in [0.25, 0.3) is 5.91 Å². The van der Waals surface area contributed by atoms with E-state index < -0.39 is 17.7 Å². The van der Waals surface area contributed by atoms with Gasteiger partial charge in [0.1, 0.15) is 11.8 Å². The molecule has 0 saturated heterocycles. The van der Waals surface area contributed by atoms with Gasteiger partial charge in [0, 0.05) is 17.1 Å². The molecule has 1 unspecified atom stereocenters. The molecule has 1 N–H and O–H groups in total. The number of nitrogens with zero attached hydrogens (tertiary/aromatic N) is 1. The molecular weight excluding hydrogens is 402 g/mol. The number of ketones is 1. The summed E-state index contributed by atoms with van der Waals surface area (Å²) in [5.74, 6) is -1.10. The van der Waals surface area contributed by atoms with Crippen molar-refractivity contribution in [1.29, 1.82) is 0 Å². The number of Topliss-reactive ketones (excluding diaryl/α,β-unsaturated/α-hetero) is 1. The maximum absolute atomic E-state index is 13.1. The lowest BCUT2D eigenvalue weighted by Gasteiger charge is -2.26. The van der Waals surface area contributed by atoms with Gasteiger partial charge in [-0.25, -0.2) is 0 Å². The summed E-state index contributed by atoms with van der Waals surface area (Å²) in [4.78, 5) is 27.6. The maximum Gasteiger partial charge on any atom is 0.294 e. The van der Waals surface area contributed by atoms with Crippen LogP contribution in [0.25, 0.3) is 0 Å². The molecule has 4 rings (SSSR count). The van der Waals surface area contributed by atoms with E-state index >= 15 is 0 Å². The average Bonchev–Trinajstić information content (AvgIpc) is 3.36. The van der Waals surface area contributed by atoms with Gasteiger partial charge in [-0.15, -0.1) is 0 Å². The lowest BCUT2D eigenvalue weighted by molar-refractivity contribution is -0.118. The zero-order valence-electron chi connectivity index (χ0n) is 16.3. The van der Waals surface area contributed by atoms with E-state index in [-0.39, 0.29) is 17.8 Å². The molecule has 1 atom stereocenters. The lowest BCUT2D eigenvalue weighted by Crippen LogP contribution is -2.31. The number of hydrogen-bond donors (Lipinski definition) is 1. The molecule has 0 radical (unpaired) electrons. The van der Waals surface area contributed by atoms with E-state index in [0.29, 0.717) is 22.9 Å². The van der Waals surface area contributed by atoms with Crippen LogP contribution in [0.1, 0.15) is 29.3 Å². The number of aliphatic hydroxyl groups excluding tert-OH is 1. The van der Waals surface area contributed by atoms with E-state index in [2.05, 4.69) is 0 Å². The van der Waals surface area contributed by atoms with Crippen molar-refractivity contribution >= 4 is 29.0 Å². The van der Waals surface area contributed by atoms with Crippen LogP contribution in [0.4, 0.5) is 5.69 Å². The SMILES string of the molecule is Cc1ccc(Cl)cc1N1C(=O)C(O)=C(C(=O)CCc2ccccc2)C1c1ccco1. The van der Waals surface area contributed by atoms with Crippen LogP contribution in [0.2, 0.25) is 5.02 Å². The standard InChI is InChI=1S/C24H20ClNO4/c1-15-9-11-17(25)14-18(15)26-22(20-8-5-13-30-20)21(23(28)24(26)29)19(27)12-10-16-6-3-2-4-7-16/h2-9,11,13-14,22,28H,10,12H2,1H3. The van der Waals surface area contributed by atoms with Crippen LogP contribution in [0.15, 0.2) is 82.7 Å². The summed E-state index contributed by atoms with van der Waals surface area (Å²) < 4.78 is 5.55. The summed E-state index contributed by atoms with van der Waals surface area (Å²) in [6, 6.07) is 17.3. The minimum Gasteiger partial charge on any atom is -0.503 e. The molecule has 1 aliphatic heterocycles. The Morgan fingerprint density at radius 3 is 2.60 bits per heavy atom. The summed E-state index contributed by atoms with van der Waals surface area (Å²) in [6.07, 6.45) is 2.15. The molecule has 152 valence electrons. The molecule has 1 amide bonds. The summed E-state index contributed by atoms with van der Waals surface area (Å²) in [5.41, 5.74) is 2.36. The molecule has 2 aromatic carbocycles. The van der Waals surface area contributed by atoms with Crippen molar-refractivity contribution in [3.8, 4) is 0 Å². The molecule has 2 heterocycles. The highest BCUT2D eigenvalue weighted by atomic mass is 35.5. The fraction of sp³-hybridized carbons (Fsp3) is 0.167. The van der Waals surface area contributed by atoms with E-state index in [1.54, 1.807) is 30.3 Å². The van der Waals surface area contributed by atoms with Crippen molar-refractivity contribution in [2.75, 3.05) is 4.90 Å². The fourth-order valence-electron chi connectivity index (χ4n) is 3.73. The Labute approximate surface area is 179 Å². The van der Waals surface area contributed by atoms with Crippen molar-refractivity contribution in [3.63, 3.8) is 0 Å². The Hall–Kier alpha value is -3.31. The molecule has 1 aliphatic rings. The summed E-state index contributed by atoms with van der Waals surface area (Å²) in [7, 11) is 0. The number of carbonyl (C=O) groups is 2. The molecule has 0 fully saturated rings. The Kier molecular flexibility index (Phi) is 5.46. The van der Waals surface area contributed by atoms with E-state index in [1.807, 2.05) is 37.3 Å². The van der Waals surface area contributed by atoms with E-state index in [9.17, 15) is 14.7 Å². The molecule has 6 heteroatoms. The molecule has 0 aliphatic carbocycles. The van der Waals surface area contributed by atoms with Gasteiger partial charge in [0.05, 0.1) is 11.8 Å². The van der Waals surface area contributed by atoms with Crippen LogP contribution >= 0.6 is 11.6 Å². The number of furan rings is 1. The quantitative estimate of drug-likeness (QED) is 0.582. The zero-order chi connectivity index (χ0) is 21.3. The van der Waals surface area contributed by atoms with Gasteiger partial charge in [-0.2, -0.15) is 0 Å². The number of benzene rings is 2. The Balaban J connectivity index is 1.72. The molecule has 5 nitrogen and oxygen atoms in total. The van der Waals surface area contributed by atoms with Crippen molar-refractivity contribution in [3.05, 3.63) is 100 Å². The van der Waals surface area contributed by atoms with Crippen molar-refractivity contribution < 1.29 is 19.1 Å². The van der Waals surface area contributed by atoms with E-state index in [4.69, 9.17) is 16.0 Å². The largest absolute Gasteiger partial charge is 0.503 e. The van der Waals surface area contributed by atoms with Gasteiger partial charge in [0.15, 0.2) is 11.5 Å². The number of halogens is 1. The van der Waals surface area contributed by atoms with Gasteiger partial charge < -0.3 is 9.52 Å². The highest BCUT2D eigenvalue weighted by molar-refractivity contribution is 6.31. The first kappa shape index (κ1) is 20.0. The van der Waals surface area contributed by atoms with Gasteiger partial charge in [0.2, 0.25) is 0 Å². The second kappa shape index (κ2) is 8.20. The van der Waals surface area contributed by atoms with Crippen LogP contribution in [-0.2, 0) is 16.0 Å². The van der Waals surface area contributed by atoms with Crippen molar-refractivity contribution in [2.45, 2.75) is 25.8 Å². The third kappa shape index (κ3) is 3.64. The number of aliphatic hydroxyl groups is 1. The predicted octanol–water partition coefficient (Wildman–Crippen LogP) is 5.34. The number of anilines is 1. The van der Waals surface area contributed by atoms with Crippen molar-refractivity contribution in [2.24, 2.45) is 0 Å². The van der Waals surface area contributed by atoms with Gasteiger partial charge in [-0.3, -0.25) is 14.5 Å². The third-order valence-electron chi connectivity index (χ3n) is 5.24. The first-order valence-corrected chi connectivity index (χ1v) is 9.98. The Bertz CT molecular complexity index is 1120. The van der Waals surface area contributed by atoms with Crippen LogP contribution in [0, 0.1) is 6.92 Å². The normalized spacial score (nSPS) is 16.4. The Morgan fingerprint density at radius 2 is 1.90 bits per heavy atom. The monoisotopic (exact) mass is 421 g/mol. The number of carbonyl (C=O) groups excluding carboxylic acids is 2. The van der Waals surface area contributed by atoms with E-state index in [1.165, 1.54) is 11.2 Å². The lowest BCUT2D eigenvalue weighted by atomic mass is 9.96. The molecule has 0 saturated carbocycles. The number of hydrogen-bond acceptors (Lipinski definition) is 4. The van der Waals surface area contributed by atoms with Crippen LogP contribution in [-0.4, -0.2) is 16.8 Å². The molecule has 30 heavy (non-hydrogen) atoms. The molecule has 0 spiro atoms. The number of rotatable bonds is 6. The highest BCUT2D eigenvalue weighted by Crippen LogP contribution is 2.43. The second-order valence-corrected chi connectivity index (χ2v) is 7.63. The van der Waals surface area contributed by atoms with Crippen LogP contribution < -0.4 is 4.90 Å². The maximum atomic E-state index is 13.1. The Morgan fingerprint density at radius 1 is 1.13 bits per heavy atom. The molecular formula is C24H20ClNO4. The third-order valence-corrected chi connectivity index (χ3v) is 5.47. The van der Waals surface area contributed by atoms with Crippen molar-refractivity contribution in [1.82, 2.24) is 0 Å². The van der Waals surface area contributed by atoms with Crippen LogP contribution in [0.3, 0.4) is 0 Å². The topological polar surface area (TPSA) is 70.8 Å². The number of aryl methyl sites for hydroxylation is 2. The summed E-state index contributed by atoms with van der Waals surface area (Å²) in [6.45, 7) is 1.84. The summed E-state index contributed by atoms with van der Waals surface area (Å²) >= 11 is 6.16. The minimum atomic E-state index is -0.854. The first-order valence-electron chi connectivity index (χ1n) is 9.60. The molecule has 1 aromatic heterocycles. The van der Waals surface area contributed by atoms with Gasteiger partial charge >= 0.3 is 0 Å². The summed E-state index contributed by atoms with van der Waals surface area (Å²) in [5, 5.41) is 11.1. The zero-order valence-corrected chi connectivity index (χ0v) is 17.1. The molecule has 3 aromatic rings. The van der Waals surface area contributed by atoms with E-state index in [0.717, 1.165) is 11.1 Å². The predicted molar refractivity (Wildman–Crippen MR) is 115 cm³/mol. The number of amides is 1. The van der Waals surface area contributed by atoms with Crippen LogP contribution in [0.5, 0.6) is 0 Å². The van der Waals surface area contributed by atoms with Gasteiger partial charge in [-0.1, -0.05) is 48.0 Å². The minimum absolute atomic E-state index is 0.0465. The smallest absolute Gasteiger partial charge is 0.294 e. The first-order chi connectivity index (χ1) is 14.5. The fourth-order valence-corrected chi connectivity index (χ4v) is 3.90. The second-order valence-electron chi connectivity index (χ2n) is 7.19. The average molecular weight is 422 g/mol.